The van der Waals surface area contributed by atoms with Crippen molar-refractivity contribution in [2.45, 2.75) is 18.2 Å². The summed E-state index contributed by atoms with van der Waals surface area (Å²) in [7, 11) is -7.25. The topological polar surface area (TPSA) is 83.6 Å². The minimum atomic E-state index is -3.91. The van der Waals surface area contributed by atoms with Gasteiger partial charge in [-0.25, -0.2) is 21.2 Å². The quantitative estimate of drug-likeness (QED) is 0.878. The van der Waals surface area contributed by atoms with Crippen molar-refractivity contribution in [2.75, 3.05) is 21.3 Å². The summed E-state index contributed by atoms with van der Waals surface area (Å²) in [6, 6.07) is 9.71. The molecule has 1 fully saturated rings. The predicted molar refractivity (Wildman–Crippen MR) is 94.1 cm³/mol. The lowest BCUT2D eigenvalue weighted by atomic mass is 10.2. The summed E-state index contributed by atoms with van der Waals surface area (Å²) in [6.45, 7) is 1.85. The van der Waals surface area contributed by atoms with Crippen molar-refractivity contribution in [1.29, 1.82) is 0 Å². The van der Waals surface area contributed by atoms with Gasteiger partial charge in [-0.2, -0.15) is 0 Å². The molecule has 0 radical (unpaired) electrons. The van der Waals surface area contributed by atoms with E-state index in [0.29, 0.717) is 18.7 Å². The smallest absolute Gasteiger partial charge is 0.261 e. The average Bonchev–Trinajstić information content (AvgIpc) is 2.89. The molecule has 0 aromatic heterocycles. The summed E-state index contributed by atoms with van der Waals surface area (Å²) in [4.78, 5) is -0.0643. The number of halogens is 1. The van der Waals surface area contributed by atoms with Gasteiger partial charge in [0.05, 0.1) is 22.0 Å². The number of benzene rings is 2. The molecule has 0 atom stereocenters. The molecule has 25 heavy (non-hydrogen) atoms. The van der Waals surface area contributed by atoms with Crippen molar-refractivity contribution in [1.82, 2.24) is 0 Å². The van der Waals surface area contributed by atoms with Crippen molar-refractivity contribution >= 4 is 31.4 Å². The number of rotatable bonds is 4. The van der Waals surface area contributed by atoms with E-state index >= 15 is 0 Å². The Balaban J connectivity index is 1.90. The fraction of sp³-hybridized carbons (Fsp3) is 0.250. The maximum Gasteiger partial charge on any atom is 0.261 e. The third-order valence-electron chi connectivity index (χ3n) is 3.93. The number of anilines is 2. The van der Waals surface area contributed by atoms with E-state index < -0.39 is 25.9 Å². The van der Waals surface area contributed by atoms with Gasteiger partial charge in [0.25, 0.3) is 10.0 Å². The van der Waals surface area contributed by atoms with Crippen LogP contribution in [0.5, 0.6) is 0 Å². The molecule has 1 aliphatic heterocycles. The monoisotopic (exact) mass is 384 g/mol. The van der Waals surface area contributed by atoms with Crippen molar-refractivity contribution in [3.63, 3.8) is 0 Å². The highest BCUT2D eigenvalue weighted by molar-refractivity contribution is 7.93. The molecule has 6 nitrogen and oxygen atoms in total. The molecule has 0 spiro atoms. The lowest BCUT2D eigenvalue weighted by Gasteiger charge is -2.18. The molecular formula is C16H17FN2O4S2. The Morgan fingerprint density at radius 1 is 1.16 bits per heavy atom. The Morgan fingerprint density at radius 3 is 2.56 bits per heavy atom. The van der Waals surface area contributed by atoms with Gasteiger partial charge >= 0.3 is 0 Å². The molecule has 0 saturated carbocycles. The van der Waals surface area contributed by atoms with Crippen LogP contribution in [0.3, 0.4) is 0 Å². The van der Waals surface area contributed by atoms with E-state index in [2.05, 4.69) is 4.72 Å². The molecule has 1 heterocycles. The predicted octanol–water partition coefficient (Wildman–Crippen LogP) is 2.47. The zero-order chi connectivity index (χ0) is 18.2. The summed E-state index contributed by atoms with van der Waals surface area (Å²) in [5, 5.41) is 0. The molecule has 1 aliphatic rings. The lowest BCUT2D eigenvalue weighted by molar-refractivity contribution is 0.597. The van der Waals surface area contributed by atoms with Crippen LogP contribution < -0.4 is 9.03 Å². The molecule has 0 unspecified atom stereocenters. The first-order valence-corrected chi connectivity index (χ1v) is 10.7. The van der Waals surface area contributed by atoms with E-state index in [1.807, 2.05) is 0 Å². The Morgan fingerprint density at radius 2 is 1.92 bits per heavy atom. The van der Waals surface area contributed by atoms with E-state index in [1.54, 1.807) is 12.1 Å². The van der Waals surface area contributed by atoms with Gasteiger partial charge in [-0.05, 0) is 55.3 Å². The van der Waals surface area contributed by atoms with Crippen LogP contribution in [0, 0.1) is 12.7 Å². The summed E-state index contributed by atoms with van der Waals surface area (Å²) in [5.41, 5.74) is 0.870. The van der Waals surface area contributed by atoms with Gasteiger partial charge in [0.2, 0.25) is 10.0 Å². The number of aryl methyl sites for hydroxylation is 1. The molecule has 134 valence electrons. The van der Waals surface area contributed by atoms with Gasteiger partial charge in [0, 0.05) is 6.54 Å². The normalized spacial score (nSPS) is 16.8. The van der Waals surface area contributed by atoms with Crippen LogP contribution in [-0.2, 0) is 20.0 Å². The van der Waals surface area contributed by atoms with E-state index in [-0.39, 0.29) is 21.9 Å². The van der Waals surface area contributed by atoms with E-state index in [4.69, 9.17) is 0 Å². The maximum atomic E-state index is 13.3. The second-order valence-corrected chi connectivity index (χ2v) is 9.50. The summed E-state index contributed by atoms with van der Waals surface area (Å²) >= 11 is 0. The maximum absolute atomic E-state index is 13.3. The van der Waals surface area contributed by atoms with Gasteiger partial charge in [0.15, 0.2) is 0 Å². The van der Waals surface area contributed by atoms with Crippen LogP contribution in [0.2, 0.25) is 0 Å². The summed E-state index contributed by atoms with van der Waals surface area (Å²) in [5.74, 6) is -0.405. The molecule has 2 aromatic rings. The van der Waals surface area contributed by atoms with Crippen LogP contribution in [-0.4, -0.2) is 29.1 Å². The largest absolute Gasteiger partial charge is 0.280 e. The molecule has 3 rings (SSSR count). The fourth-order valence-electron chi connectivity index (χ4n) is 2.65. The van der Waals surface area contributed by atoms with Gasteiger partial charge in [-0.1, -0.05) is 6.07 Å². The molecule has 1 saturated heterocycles. The van der Waals surface area contributed by atoms with Gasteiger partial charge in [-0.15, -0.1) is 0 Å². The van der Waals surface area contributed by atoms with E-state index in [0.717, 1.165) is 6.07 Å². The third kappa shape index (κ3) is 3.62. The molecule has 1 N–H and O–H groups in total. The minimum absolute atomic E-state index is 0.0643. The summed E-state index contributed by atoms with van der Waals surface area (Å²) in [6.07, 6.45) is 0.535. The van der Waals surface area contributed by atoms with Crippen molar-refractivity contribution in [2.24, 2.45) is 0 Å². The zero-order valence-corrected chi connectivity index (χ0v) is 15.1. The van der Waals surface area contributed by atoms with Crippen molar-refractivity contribution in [3.05, 3.63) is 53.8 Å². The second kappa shape index (κ2) is 6.30. The van der Waals surface area contributed by atoms with Crippen LogP contribution in [0.4, 0.5) is 15.8 Å². The van der Waals surface area contributed by atoms with Crippen LogP contribution >= 0.6 is 0 Å². The summed E-state index contributed by atoms with van der Waals surface area (Å²) < 4.78 is 65.9. The highest BCUT2D eigenvalue weighted by Gasteiger charge is 2.28. The Hall–Kier alpha value is -2.13. The van der Waals surface area contributed by atoms with Crippen molar-refractivity contribution < 1.29 is 21.2 Å². The lowest BCUT2D eigenvalue weighted by Crippen LogP contribution is -2.25. The molecule has 0 aliphatic carbocycles. The number of hydrogen-bond donors (Lipinski definition) is 1. The number of hydrogen-bond acceptors (Lipinski definition) is 4. The van der Waals surface area contributed by atoms with Gasteiger partial charge in [-0.3, -0.25) is 9.03 Å². The third-order valence-corrected chi connectivity index (χ3v) is 7.17. The number of nitrogens with one attached hydrogen (secondary N) is 1. The molecule has 0 bridgehead atoms. The average molecular weight is 384 g/mol. The highest BCUT2D eigenvalue weighted by Crippen LogP contribution is 2.27. The van der Waals surface area contributed by atoms with Gasteiger partial charge in [0.1, 0.15) is 5.82 Å². The first kappa shape index (κ1) is 17.7. The second-order valence-electron chi connectivity index (χ2n) is 5.81. The first-order chi connectivity index (χ1) is 11.7. The number of nitrogens with zero attached hydrogens (tertiary/aromatic N) is 1. The van der Waals surface area contributed by atoms with E-state index in [9.17, 15) is 21.2 Å². The Bertz CT molecular complexity index is 1020. The van der Waals surface area contributed by atoms with Crippen LogP contribution in [0.25, 0.3) is 0 Å². The zero-order valence-electron chi connectivity index (χ0n) is 13.4. The standard InChI is InChI=1S/C16H17FN2O4S2/c1-12-10-15(6-7-16(12)17)25(22,23)18-13-4-2-5-14(11-13)19-8-3-9-24(19,20)21/h2,4-7,10-11,18H,3,8-9H2,1H3. The fourth-order valence-corrected chi connectivity index (χ4v) is 5.34. The van der Waals surface area contributed by atoms with Crippen molar-refractivity contribution in [3.8, 4) is 0 Å². The molecule has 2 aromatic carbocycles. The molecule has 9 heteroatoms. The van der Waals surface area contributed by atoms with Crippen LogP contribution in [0.1, 0.15) is 12.0 Å². The minimum Gasteiger partial charge on any atom is -0.280 e. The molecular weight excluding hydrogens is 367 g/mol. The molecule has 0 amide bonds. The number of sulfonamides is 2. The Kier molecular flexibility index (Phi) is 4.46. The first-order valence-electron chi connectivity index (χ1n) is 7.58. The SMILES string of the molecule is Cc1cc(S(=O)(=O)Nc2cccc(N3CCCS3(=O)=O)c2)ccc1F. The highest BCUT2D eigenvalue weighted by atomic mass is 32.2. The van der Waals surface area contributed by atoms with E-state index in [1.165, 1.54) is 35.5 Å². The van der Waals surface area contributed by atoms with Crippen LogP contribution in [0.15, 0.2) is 47.4 Å². The Labute approximate surface area is 146 Å². The van der Waals surface area contributed by atoms with Gasteiger partial charge < -0.3 is 0 Å².